The molecule has 4 heteroatoms. The first-order valence-electron chi connectivity index (χ1n) is 6.69. The van der Waals surface area contributed by atoms with Crippen LogP contribution >= 0.6 is 15.9 Å². The molecular weight excluding hydrogens is 290 g/mol. The minimum absolute atomic E-state index is 0.675. The SMILES string of the molecule is Brc1nc(CNC2CCCCC2)n2ccccc12. The van der Waals surface area contributed by atoms with Gasteiger partial charge in [0.2, 0.25) is 0 Å². The molecule has 1 N–H and O–H groups in total. The minimum atomic E-state index is 0.675. The molecule has 0 amide bonds. The zero-order valence-electron chi connectivity index (χ0n) is 10.4. The summed E-state index contributed by atoms with van der Waals surface area (Å²) in [7, 11) is 0. The van der Waals surface area contributed by atoms with Crippen LogP contribution in [0.3, 0.4) is 0 Å². The van der Waals surface area contributed by atoms with E-state index < -0.39 is 0 Å². The number of hydrogen-bond donors (Lipinski definition) is 1. The topological polar surface area (TPSA) is 29.3 Å². The van der Waals surface area contributed by atoms with Crippen molar-refractivity contribution >= 4 is 21.4 Å². The van der Waals surface area contributed by atoms with E-state index in [1.165, 1.54) is 32.1 Å². The van der Waals surface area contributed by atoms with Gasteiger partial charge in [-0.15, -0.1) is 0 Å². The van der Waals surface area contributed by atoms with E-state index in [9.17, 15) is 0 Å². The molecule has 1 fully saturated rings. The Labute approximate surface area is 116 Å². The van der Waals surface area contributed by atoms with Crippen molar-refractivity contribution in [1.29, 1.82) is 0 Å². The maximum Gasteiger partial charge on any atom is 0.132 e. The molecule has 3 nitrogen and oxygen atoms in total. The van der Waals surface area contributed by atoms with Crippen LogP contribution in [0, 0.1) is 0 Å². The highest BCUT2D eigenvalue weighted by Gasteiger charge is 2.14. The fourth-order valence-corrected chi connectivity index (χ4v) is 3.26. The summed E-state index contributed by atoms with van der Waals surface area (Å²) in [6.45, 7) is 0.849. The second-order valence-electron chi connectivity index (χ2n) is 4.99. The fourth-order valence-electron chi connectivity index (χ4n) is 2.73. The molecule has 0 saturated heterocycles. The molecule has 2 aromatic heterocycles. The number of nitrogens with zero attached hydrogens (tertiary/aromatic N) is 2. The maximum atomic E-state index is 4.59. The van der Waals surface area contributed by atoms with Gasteiger partial charge in [-0.2, -0.15) is 0 Å². The van der Waals surface area contributed by atoms with E-state index >= 15 is 0 Å². The monoisotopic (exact) mass is 307 g/mol. The van der Waals surface area contributed by atoms with Gasteiger partial charge in [-0.05, 0) is 40.9 Å². The molecule has 2 aromatic rings. The van der Waals surface area contributed by atoms with Crippen molar-refractivity contribution in [2.24, 2.45) is 0 Å². The van der Waals surface area contributed by atoms with Crippen LogP contribution in [0.2, 0.25) is 0 Å². The Kier molecular flexibility index (Phi) is 3.66. The Morgan fingerprint density at radius 3 is 2.94 bits per heavy atom. The molecule has 0 radical (unpaired) electrons. The van der Waals surface area contributed by atoms with Crippen molar-refractivity contribution in [2.75, 3.05) is 0 Å². The Morgan fingerprint density at radius 1 is 1.28 bits per heavy atom. The lowest BCUT2D eigenvalue weighted by molar-refractivity contribution is 0.369. The summed E-state index contributed by atoms with van der Waals surface area (Å²) < 4.78 is 3.09. The Balaban J connectivity index is 1.74. The Bertz CT molecular complexity index is 529. The van der Waals surface area contributed by atoms with Gasteiger partial charge in [0, 0.05) is 12.2 Å². The second-order valence-corrected chi connectivity index (χ2v) is 5.74. The number of halogens is 1. The van der Waals surface area contributed by atoms with Gasteiger partial charge in [-0.3, -0.25) is 0 Å². The van der Waals surface area contributed by atoms with Gasteiger partial charge in [0.05, 0.1) is 12.1 Å². The van der Waals surface area contributed by atoms with Crippen LogP contribution in [-0.2, 0) is 6.54 Å². The number of imidazole rings is 1. The molecule has 3 rings (SSSR count). The first-order valence-corrected chi connectivity index (χ1v) is 7.49. The summed E-state index contributed by atoms with van der Waals surface area (Å²) in [6.07, 6.45) is 8.82. The van der Waals surface area contributed by atoms with Gasteiger partial charge >= 0.3 is 0 Å². The van der Waals surface area contributed by atoms with Crippen LogP contribution in [0.1, 0.15) is 37.9 Å². The summed E-state index contributed by atoms with van der Waals surface area (Å²) in [5.74, 6) is 1.09. The molecule has 1 aliphatic rings. The third kappa shape index (κ3) is 2.45. The van der Waals surface area contributed by atoms with Crippen molar-refractivity contribution in [3.63, 3.8) is 0 Å². The highest BCUT2D eigenvalue weighted by molar-refractivity contribution is 9.10. The third-order valence-corrected chi connectivity index (χ3v) is 4.31. The number of pyridine rings is 1. The van der Waals surface area contributed by atoms with E-state index in [4.69, 9.17) is 0 Å². The summed E-state index contributed by atoms with van der Waals surface area (Å²) >= 11 is 3.52. The van der Waals surface area contributed by atoms with E-state index in [-0.39, 0.29) is 0 Å². The average molecular weight is 308 g/mol. The lowest BCUT2D eigenvalue weighted by atomic mass is 9.95. The van der Waals surface area contributed by atoms with Crippen molar-refractivity contribution in [2.45, 2.75) is 44.7 Å². The smallest absolute Gasteiger partial charge is 0.132 e. The second kappa shape index (κ2) is 5.41. The zero-order chi connectivity index (χ0) is 12.4. The highest BCUT2D eigenvalue weighted by atomic mass is 79.9. The molecule has 0 unspecified atom stereocenters. The summed E-state index contributed by atoms with van der Waals surface area (Å²) in [5, 5.41) is 3.64. The van der Waals surface area contributed by atoms with Gasteiger partial charge in [-0.25, -0.2) is 4.98 Å². The molecule has 0 atom stereocenters. The lowest BCUT2D eigenvalue weighted by Gasteiger charge is -2.22. The lowest BCUT2D eigenvalue weighted by Crippen LogP contribution is -2.31. The van der Waals surface area contributed by atoms with E-state index in [0.717, 1.165) is 22.5 Å². The van der Waals surface area contributed by atoms with Crippen LogP contribution in [-0.4, -0.2) is 15.4 Å². The Hall–Kier alpha value is -0.870. The van der Waals surface area contributed by atoms with Gasteiger partial charge in [0.1, 0.15) is 10.4 Å². The predicted molar refractivity (Wildman–Crippen MR) is 76.6 cm³/mol. The van der Waals surface area contributed by atoms with E-state index in [1.54, 1.807) is 0 Å². The summed E-state index contributed by atoms with van der Waals surface area (Å²) in [5.41, 5.74) is 1.14. The molecule has 2 heterocycles. The standard InChI is InChI=1S/C14H18BrN3/c15-14-12-8-4-5-9-18(12)13(17-14)10-16-11-6-2-1-3-7-11/h4-5,8-9,11,16H,1-3,6-7,10H2. The van der Waals surface area contributed by atoms with Gasteiger partial charge in [0.25, 0.3) is 0 Å². The van der Waals surface area contributed by atoms with Crippen LogP contribution in [0.5, 0.6) is 0 Å². The van der Waals surface area contributed by atoms with Gasteiger partial charge in [0.15, 0.2) is 0 Å². The zero-order valence-corrected chi connectivity index (χ0v) is 12.0. The molecule has 18 heavy (non-hydrogen) atoms. The van der Waals surface area contributed by atoms with Crippen molar-refractivity contribution in [3.05, 3.63) is 34.8 Å². The highest BCUT2D eigenvalue weighted by Crippen LogP contribution is 2.20. The molecule has 0 aliphatic heterocycles. The van der Waals surface area contributed by atoms with Crippen LogP contribution in [0.15, 0.2) is 29.0 Å². The Morgan fingerprint density at radius 2 is 2.11 bits per heavy atom. The van der Waals surface area contributed by atoms with Crippen molar-refractivity contribution in [3.8, 4) is 0 Å². The molecule has 1 saturated carbocycles. The summed E-state index contributed by atoms with van der Waals surface area (Å²) in [4.78, 5) is 4.59. The quantitative estimate of drug-likeness (QED) is 0.940. The number of hydrogen-bond acceptors (Lipinski definition) is 2. The number of rotatable bonds is 3. The minimum Gasteiger partial charge on any atom is -0.307 e. The third-order valence-electron chi connectivity index (χ3n) is 3.73. The molecule has 0 bridgehead atoms. The first-order chi connectivity index (χ1) is 8.84. The fraction of sp³-hybridized carbons (Fsp3) is 0.500. The van der Waals surface area contributed by atoms with Crippen LogP contribution in [0.25, 0.3) is 5.52 Å². The molecule has 0 aromatic carbocycles. The molecular formula is C14H18BrN3. The predicted octanol–water partition coefficient (Wildman–Crippen LogP) is 3.52. The van der Waals surface area contributed by atoms with E-state index in [0.29, 0.717) is 6.04 Å². The van der Waals surface area contributed by atoms with Gasteiger partial charge in [-0.1, -0.05) is 25.3 Å². The summed E-state index contributed by atoms with van der Waals surface area (Å²) in [6, 6.07) is 6.85. The number of fused-ring (bicyclic) bond motifs is 1. The van der Waals surface area contributed by atoms with Crippen molar-refractivity contribution < 1.29 is 0 Å². The van der Waals surface area contributed by atoms with E-state index in [1.807, 2.05) is 12.1 Å². The first kappa shape index (κ1) is 12.2. The molecule has 1 aliphatic carbocycles. The molecule has 96 valence electrons. The van der Waals surface area contributed by atoms with Crippen molar-refractivity contribution in [1.82, 2.24) is 14.7 Å². The van der Waals surface area contributed by atoms with Crippen LogP contribution in [0.4, 0.5) is 0 Å². The van der Waals surface area contributed by atoms with E-state index in [2.05, 4.69) is 42.9 Å². The average Bonchev–Trinajstić information content (AvgIpc) is 2.75. The van der Waals surface area contributed by atoms with Gasteiger partial charge < -0.3 is 9.72 Å². The molecule has 0 spiro atoms. The number of nitrogens with one attached hydrogen (secondary N) is 1. The normalized spacial score (nSPS) is 17.4. The largest absolute Gasteiger partial charge is 0.307 e. The maximum absolute atomic E-state index is 4.59. The number of aromatic nitrogens is 2. The van der Waals surface area contributed by atoms with Crippen LogP contribution < -0.4 is 5.32 Å².